The van der Waals surface area contributed by atoms with E-state index in [2.05, 4.69) is 5.32 Å². The van der Waals surface area contributed by atoms with E-state index in [1.807, 2.05) is 11.8 Å². The van der Waals surface area contributed by atoms with Crippen LogP contribution in [0, 0.1) is 0 Å². The Morgan fingerprint density at radius 2 is 2.35 bits per heavy atom. The Bertz CT molecular complexity index is 444. The fraction of sp³-hybridized carbons (Fsp3) is 0.455. The summed E-state index contributed by atoms with van der Waals surface area (Å²) >= 11 is 1.27. The average Bonchev–Trinajstić information content (AvgIpc) is 2.78. The standard InChI is InChI=1S/C11H15N3O2S/c1-7-5-13-2-3-14(7)11(16)9-4-8(6-17-9)10(12)15/h4,6-7,13H,2-3,5H2,1H3,(H2,12,15)/t7-/m0/s1. The number of hydrogen-bond acceptors (Lipinski definition) is 4. The Kier molecular flexibility index (Phi) is 3.44. The number of nitrogens with two attached hydrogens (primary N) is 1. The number of amides is 2. The smallest absolute Gasteiger partial charge is 0.264 e. The van der Waals surface area contributed by atoms with Crippen LogP contribution < -0.4 is 11.1 Å². The summed E-state index contributed by atoms with van der Waals surface area (Å²) in [5, 5.41) is 4.86. The molecular formula is C11H15N3O2S. The molecule has 2 heterocycles. The van der Waals surface area contributed by atoms with Crippen LogP contribution in [0.15, 0.2) is 11.4 Å². The molecule has 0 bridgehead atoms. The Balaban J connectivity index is 2.15. The number of primary amides is 1. The maximum absolute atomic E-state index is 12.2. The zero-order valence-corrected chi connectivity index (χ0v) is 10.4. The van der Waals surface area contributed by atoms with Crippen LogP contribution in [0.4, 0.5) is 0 Å². The lowest BCUT2D eigenvalue weighted by molar-refractivity contribution is 0.0661. The summed E-state index contributed by atoms with van der Waals surface area (Å²) in [5.41, 5.74) is 5.57. The Labute approximate surface area is 104 Å². The maximum atomic E-state index is 12.2. The molecule has 6 heteroatoms. The molecule has 2 rings (SSSR count). The van der Waals surface area contributed by atoms with Gasteiger partial charge < -0.3 is 16.0 Å². The second-order valence-electron chi connectivity index (χ2n) is 4.12. The lowest BCUT2D eigenvalue weighted by Gasteiger charge is -2.33. The molecule has 2 amide bonds. The van der Waals surface area contributed by atoms with E-state index in [0.29, 0.717) is 17.0 Å². The summed E-state index contributed by atoms with van der Waals surface area (Å²) in [4.78, 5) is 25.6. The molecule has 0 aromatic carbocycles. The van der Waals surface area contributed by atoms with Crippen LogP contribution in [0.3, 0.4) is 0 Å². The van der Waals surface area contributed by atoms with Crippen LogP contribution in [-0.4, -0.2) is 42.4 Å². The van der Waals surface area contributed by atoms with Crippen molar-refractivity contribution in [2.45, 2.75) is 13.0 Å². The first kappa shape index (κ1) is 12.1. The van der Waals surface area contributed by atoms with E-state index >= 15 is 0 Å². The minimum Gasteiger partial charge on any atom is -0.366 e. The third-order valence-electron chi connectivity index (χ3n) is 2.86. The molecule has 1 aliphatic heterocycles. The van der Waals surface area contributed by atoms with Crippen molar-refractivity contribution in [2.75, 3.05) is 19.6 Å². The monoisotopic (exact) mass is 253 g/mol. The number of nitrogens with one attached hydrogen (secondary N) is 1. The number of thiophene rings is 1. The normalized spacial score (nSPS) is 20.3. The van der Waals surface area contributed by atoms with Gasteiger partial charge in [-0.25, -0.2) is 0 Å². The van der Waals surface area contributed by atoms with Crippen LogP contribution >= 0.6 is 11.3 Å². The zero-order valence-electron chi connectivity index (χ0n) is 9.60. The first-order valence-electron chi connectivity index (χ1n) is 5.49. The lowest BCUT2D eigenvalue weighted by atomic mass is 10.2. The highest BCUT2D eigenvalue weighted by Crippen LogP contribution is 2.18. The molecule has 3 N–H and O–H groups in total. The Morgan fingerprint density at radius 3 is 2.94 bits per heavy atom. The quantitative estimate of drug-likeness (QED) is 0.795. The van der Waals surface area contributed by atoms with Gasteiger partial charge in [0.05, 0.1) is 10.4 Å². The zero-order chi connectivity index (χ0) is 12.4. The van der Waals surface area contributed by atoms with Crippen molar-refractivity contribution in [3.63, 3.8) is 0 Å². The van der Waals surface area contributed by atoms with Crippen molar-refractivity contribution >= 4 is 23.2 Å². The van der Waals surface area contributed by atoms with E-state index in [0.717, 1.165) is 13.1 Å². The van der Waals surface area contributed by atoms with E-state index in [1.165, 1.54) is 11.3 Å². The van der Waals surface area contributed by atoms with Crippen molar-refractivity contribution in [2.24, 2.45) is 5.73 Å². The summed E-state index contributed by atoms with van der Waals surface area (Å²) in [7, 11) is 0. The fourth-order valence-corrected chi connectivity index (χ4v) is 2.71. The third-order valence-corrected chi connectivity index (χ3v) is 3.78. The van der Waals surface area contributed by atoms with Gasteiger partial charge in [0.25, 0.3) is 5.91 Å². The number of piperazine rings is 1. The molecule has 1 aromatic rings. The summed E-state index contributed by atoms with van der Waals surface area (Å²) in [5.74, 6) is -0.509. The van der Waals surface area contributed by atoms with Gasteiger partial charge in [0.2, 0.25) is 5.91 Å². The number of carbonyl (C=O) groups excluding carboxylic acids is 2. The number of carbonyl (C=O) groups is 2. The highest BCUT2D eigenvalue weighted by atomic mass is 32.1. The van der Waals surface area contributed by atoms with E-state index in [4.69, 9.17) is 5.73 Å². The summed E-state index contributed by atoms with van der Waals surface area (Å²) < 4.78 is 0. The maximum Gasteiger partial charge on any atom is 0.264 e. The lowest BCUT2D eigenvalue weighted by Crippen LogP contribution is -2.52. The first-order chi connectivity index (χ1) is 8.09. The van der Waals surface area contributed by atoms with Crippen LogP contribution in [0.25, 0.3) is 0 Å². The molecule has 1 atom stereocenters. The molecule has 1 saturated heterocycles. The van der Waals surface area contributed by atoms with E-state index < -0.39 is 5.91 Å². The van der Waals surface area contributed by atoms with Crippen LogP contribution in [0.5, 0.6) is 0 Å². The van der Waals surface area contributed by atoms with E-state index in [1.54, 1.807) is 11.4 Å². The van der Waals surface area contributed by atoms with Crippen molar-refractivity contribution in [3.8, 4) is 0 Å². The molecule has 5 nitrogen and oxygen atoms in total. The van der Waals surface area contributed by atoms with E-state index in [-0.39, 0.29) is 11.9 Å². The van der Waals surface area contributed by atoms with Gasteiger partial charge >= 0.3 is 0 Å². The highest BCUT2D eigenvalue weighted by molar-refractivity contribution is 7.12. The van der Waals surface area contributed by atoms with Gasteiger partial charge in [-0.05, 0) is 13.0 Å². The largest absolute Gasteiger partial charge is 0.366 e. The second kappa shape index (κ2) is 4.85. The fourth-order valence-electron chi connectivity index (χ4n) is 1.86. The Hall–Kier alpha value is -1.40. The van der Waals surface area contributed by atoms with Gasteiger partial charge in [0.15, 0.2) is 0 Å². The SMILES string of the molecule is C[C@H]1CNCCN1C(=O)c1cc(C(N)=O)cs1. The van der Waals surface area contributed by atoms with Crippen molar-refractivity contribution in [1.82, 2.24) is 10.2 Å². The molecule has 0 saturated carbocycles. The molecule has 0 aliphatic carbocycles. The molecule has 92 valence electrons. The minimum absolute atomic E-state index is 0.0171. The van der Waals surface area contributed by atoms with Gasteiger partial charge in [-0.3, -0.25) is 9.59 Å². The number of hydrogen-bond donors (Lipinski definition) is 2. The number of nitrogens with zero attached hydrogens (tertiary/aromatic N) is 1. The van der Waals surface area contributed by atoms with Gasteiger partial charge in [-0.1, -0.05) is 0 Å². The molecular weight excluding hydrogens is 238 g/mol. The third kappa shape index (κ3) is 2.48. The van der Waals surface area contributed by atoms with Crippen molar-refractivity contribution < 1.29 is 9.59 Å². The first-order valence-corrected chi connectivity index (χ1v) is 6.37. The molecule has 1 fully saturated rings. The molecule has 0 unspecified atom stereocenters. The minimum atomic E-state index is -0.492. The predicted molar refractivity (Wildman–Crippen MR) is 66.2 cm³/mol. The van der Waals surface area contributed by atoms with Crippen LogP contribution in [-0.2, 0) is 0 Å². The van der Waals surface area contributed by atoms with Crippen LogP contribution in [0.2, 0.25) is 0 Å². The summed E-state index contributed by atoms with van der Waals surface area (Å²) in [6, 6.07) is 1.75. The summed E-state index contributed by atoms with van der Waals surface area (Å²) in [6.45, 7) is 4.32. The van der Waals surface area contributed by atoms with Crippen LogP contribution in [0.1, 0.15) is 27.0 Å². The van der Waals surface area contributed by atoms with Gasteiger partial charge in [0, 0.05) is 31.1 Å². The highest BCUT2D eigenvalue weighted by Gasteiger charge is 2.25. The predicted octanol–water partition coefficient (Wildman–Crippen LogP) is 0.281. The molecule has 1 aromatic heterocycles. The van der Waals surface area contributed by atoms with Crippen molar-refractivity contribution in [1.29, 1.82) is 0 Å². The van der Waals surface area contributed by atoms with Crippen molar-refractivity contribution in [3.05, 3.63) is 21.9 Å². The second-order valence-corrected chi connectivity index (χ2v) is 5.03. The van der Waals surface area contributed by atoms with E-state index in [9.17, 15) is 9.59 Å². The number of rotatable bonds is 2. The van der Waals surface area contributed by atoms with Gasteiger partial charge in [0.1, 0.15) is 0 Å². The molecule has 1 aliphatic rings. The molecule has 0 spiro atoms. The van der Waals surface area contributed by atoms with Gasteiger partial charge in [-0.2, -0.15) is 0 Å². The summed E-state index contributed by atoms with van der Waals surface area (Å²) in [6.07, 6.45) is 0. The molecule has 17 heavy (non-hydrogen) atoms. The average molecular weight is 253 g/mol. The molecule has 0 radical (unpaired) electrons. The van der Waals surface area contributed by atoms with Gasteiger partial charge in [-0.15, -0.1) is 11.3 Å². The Morgan fingerprint density at radius 1 is 1.59 bits per heavy atom. The topological polar surface area (TPSA) is 75.4 Å².